The Bertz CT molecular complexity index is 171. The average molecular weight is 497 g/mol. The summed E-state index contributed by atoms with van der Waals surface area (Å²) < 4.78 is 0. The minimum atomic E-state index is 0. The van der Waals surface area contributed by atoms with Crippen molar-refractivity contribution in [2.75, 3.05) is 0 Å². The molecule has 26 heavy (non-hydrogen) atoms. The van der Waals surface area contributed by atoms with Gasteiger partial charge in [0.1, 0.15) is 0 Å². The van der Waals surface area contributed by atoms with Gasteiger partial charge in [0.05, 0.1) is 0 Å². The largest absolute Gasteiger partial charge is 0.343 e. The van der Waals surface area contributed by atoms with Crippen LogP contribution >= 0.6 is 0 Å². The summed E-state index contributed by atoms with van der Waals surface area (Å²) in [5.41, 5.74) is 0. The molecule has 158 valence electrons. The molecule has 0 bridgehead atoms. The first-order valence-corrected chi connectivity index (χ1v) is 11.9. The van der Waals surface area contributed by atoms with Crippen LogP contribution in [0.5, 0.6) is 0 Å². The molecule has 0 aromatic carbocycles. The van der Waals surface area contributed by atoms with Crippen LogP contribution in [0.3, 0.4) is 0 Å². The Morgan fingerprint density at radius 2 is 0.538 bits per heavy atom. The van der Waals surface area contributed by atoms with Gasteiger partial charge in [-0.1, -0.05) is 136 Å². The van der Waals surface area contributed by atoms with Crippen molar-refractivity contribution in [1.29, 1.82) is 0 Å². The van der Waals surface area contributed by atoms with Gasteiger partial charge in [-0.25, -0.2) is 0 Å². The third kappa shape index (κ3) is 36.3. The van der Waals surface area contributed by atoms with Gasteiger partial charge in [0.15, 0.2) is 0 Å². The molecule has 0 fully saturated rings. The van der Waals surface area contributed by atoms with Gasteiger partial charge < -0.3 is 13.8 Å². The maximum Gasteiger partial charge on any atom is 0 e. The van der Waals surface area contributed by atoms with E-state index in [-0.39, 0.29) is 40.8 Å². The Morgan fingerprint density at radius 1 is 0.346 bits per heavy atom. The van der Waals surface area contributed by atoms with Crippen LogP contribution in [0.15, 0.2) is 0 Å². The van der Waals surface area contributed by atoms with Crippen LogP contribution < -0.4 is 0 Å². The van der Waals surface area contributed by atoms with Crippen molar-refractivity contribution in [1.82, 2.24) is 0 Å². The van der Waals surface area contributed by atoms with Crippen LogP contribution in [-0.4, -0.2) is 0 Å². The van der Waals surface area contributed by atoms with E-state index in [1.165, 1.54) is 122 Å². The minimum Gasteiger partial charge on any atom is -0.343 e. The molecular formula is C25H52Nd-2. The Labute approximate surface area is 202 Å². The van der Waals surface area contributed by atoms with Gasteiger partial charge in [-0.2, -0.15) is 12.8 Å². The van der Waals surface area contributed by atoms with E-state index in [1.807, 2.05) is 0 Å². The van der Waals surface area contributed by atoms with Gasteiger partial charge in [0.2, 0.25) is 0 Å². The summed E-state index contributed by atoms with van der Waals surface area (Å²) in [7, 11) is 0. The second-order valence-electron chi connectivity index (χ2n) is 7.72. The monoisotopic (exact) mass is 494 g/mol. The quantitative estimate of drug-likeness (QED) is 0.123. The van der Waals surface area contributed by atoms with E-state index in [9.17, 15) is 0 Å². The summed E-state index contributed by atoms with van der Waals surface area (Å²) in [4.78, 5) is 0. The van der Waals surface area contributed by atoms with Gasteiger partial charge in [0.25, 0.3) is 0 Å². The standard InChI is InChI=1S/C14H29.C11H23.Nd/c1-3-5-7-9-11-13-14-12-10-8-6-4-2;1-3-5-7-9-11-10-8-6-4-2;/h1,3-14H2,2H3;1,3-11H2,2H3;/q2*-1;. The zero-order valence-corrected chi connectivity index (χ0v) is 22.0. The number of rotatable bonds is 19. The first-order chi connectivity index (χ1) is 12.3. The zero-order chi connectivity index (χ0) is 18.8. The van der Waals surface area contributed by atoms with E-state index < -0.39 is 0 Å². The fourth-order valence-corrected chi connectivity index (χ4v) is 3.15. The van der Waals surface area contributed by atoms with E-state index in [0.29, 0.717) is 0 Å². The van der Waals surface area contributed by atoms with Crippen molar-refractivity contribution >= 4 is 0 Å². The summed E-state index contributed by atoms with van der Waals surface area (Å²) >= 11 is 0. The molecule has 0 rings (SSSR count). The zero-order valence-electron chi connectivity index (χ0n) is 18.8. The SMILES string of the molecule is [CH2-]CCCCCCCCCC.[CH2-]CCCCCCCCCCCCC.[Nd]. The van der Waals surface area contributed by atoms with Crippen molar-refractivity contribution in [2.24, 2.45) is 0 Å². The van der Waals surface area contributed by atoms with E-state index in [2.05, 4.69) is 27.7 Å². The van der Waals surface area contributed by atoms with E-state index >= 15 is 0 Å². The molecule has 0 aliphatic heterocycles. The van der Waals surface area contributed by atoms with Crippen molar-refractivity contribution in [3.05, 3.63) is 13.8 Å². The van der Waals surface area contributed by atoms with E-state index in [0.717, 1.165) is 12.8 Å². The molecule has 0 aromatic heterocycles. The first-order valence-electron chi connectivity index (χ1n) is 11.9. The summed E-state index contributed by atoms with van der Waals surface area (Å²) in [6.45, 7) is 12.2. The van der Waals surface area contributed by atoms with Crippen molar-refractivity contribution in [3.8, 4) is 0 Å². The second-order valence-corrected chi connectivity index (χ2v) is 7.72. The van der Waals surface area contributed by atoms with Gasteiger partial charge in [-0.05, 0) is 0 Å². The summed E-state index contributed by atoms with van der Waals surface area (Å²) in [6.07, 6.45) is 29.3. The van der Waals surface area contributed by atoms with Gasteiger partial charge >= 0.3 is 0 Å². The Morgan fingerprint density at radius 3 is 0.731 bits per heavy atom. The molecule has 0 nitrogen and oxygen atoms in total. The maximum absolute atomic E-state index is 3.86. The predicted molar refractivity (Wildman–Crippen MR) is 119 cm³/mol. The fourth-order valence-electron chi connectivity index (χ4n) is 3.15. The smallest absolute Gasteiger partial charge is 0 e. The Kier molecular flexibility index (Phi) is 41.8. The van der Waals surface area contributed by atoms with Crippen LogP contribution in [-0.2, 0) is 0 Å². The molecular weight excluding hydrogens is 445 g/mol. The molecule has 0 amide bonds. The summed E-state index contributed by atoms with van der Waals surface area (Å²) in [5, 5.41) is 0. The molecule has 0 unspecified atom stereocenters. The van der Waals surface area contributed by atoms with Crippen LogP contribution in [0.1, 0.15) is 149 Å². The molecule has 0 saturated heterocycles. The third-order valence-electron chi connectivity index (χ3n) is 4.96. The van der Waals surface area contributed by atoms with Crippen LogP contribution in [0.2, 0.25) is 0 Å². The summed E-state index contributed by atoms with van der Waals surface area (Å²) in [5.74, 6) is 0. The molecule has 0 atom stereocenters. The normalized spacial score (nSPS) is 10.2. The topological polar surface area (TPSA) is 0 Å². The molecule has 1 heteroatoms. The summed E-state index contributed by atoms with van der Waals surface area (Å²) in [6, 6.07) is 0. The third-order valence-corrected chi connectivity index (χ3v) is 4.96. The van der Waals surface area contributed by atoms with Crippen LogP contribution in [0.25, 0.3) is 0 Å². The number of hydrogen-bond donors (Lipinski definition) is 0. The van der Waals surface area contributed by atoms with Gasteiger partial charge in [-0.15, -0.1) is 0 Å². The molecule has 0 saturated carbocycles. The maximum atomic E-state index is 3.86. The number of hydrogen-bond acceptors (Lipinski definition) is 0. The van der Waals surface area contributed by atoms with Crippen molar-refractivity contribution in [3.63, 3.8) is 0 Å². The van der Waals surface area contributed by atoms with Crippen LogP contribution in [0, 0.1) is 54.7 Å². The molecule has 0 aliphatic rings. The molecule has 0 spiro atoms. The fraction of sp³-hybridized carbons (Fsp3) is 0.920. The van der Waals surface area contributed by atoms with E-state index in [4.69, 9.17) is 0 Å². The Balaban J connectivity index is -0.000000402. The first kappa shape index (κ1) is 32.0. The van der Waals surface area contributed by atoms with Crippen LogP contribution in [0.4, 0.5) is 0 Å². The van der Waals surface area contributed by atoms with Gasteiger partial charge in [0, 0.05) is 40.8 Å². The second kappa shape index (κ2) is 33.9. The van der Waals surface area contributed by atoms with Crippen molar-refractivity contribution < 1.29 is 40.8 Å². The number of unbranched alkanes of at least 4 members (excludes halogenated alkanes) is 19. The molecule has 0 aromatic rings. The minimum absolute atomic E-state index is 0. The molecule has 0 radical (unpaired) electrons. The van der Waals surface area contributed by atoms with Gasteiger partial charge in [-0.3, -0.25) is 0 Å². The molecule has 0 aliphatic carbocycles. The molecule has 0 heterocycles. The Hall–Kier alpha value is 1.35. The average Bonchev–Trinajstić information content (AvgIpc) is 2.63. The van der Waals surface area contributed by atoms with Crippen molar-refractivity contribution in [2.45, 2.75) is 149 Å². The molecule has 0 N–H and O–H groups in total. The van der Waals surface area contributed by atoms with E-state index in [1.54, 1.807) is 0 Å². The predicted octanol–water partition coefficient (Wildman–Crippen LogP) is 9.87.